The van der Waals surface area contributed by atoms with Crippen molar-refractivity contribution in [3.05, 3.63) is 106 Å². The summed E-state index contributed by atoms with van der Waals surface area (Å²) in [4.78, 5) is 51.7. The number of aliphatic hydroxyl groups is 1. The number of methoxy groups -OCH3 is 1. The molecule has 21 nitrogen and oxygen atoms in total. The predicted octanol–water partition coefficient (Wildman–Crippen LogP) is 8.05. The van der Waals surface area contributed by atoms with E-state index >= 15 is 0 Å². The molecule has 4 heterocycles. The molecule has 5 aromatic rings. The lowest BCUT2D eigenvalue weighted by atomic mass is 10.2. The standard InChI is InChI=1S/C9H14N2O2.C8H13N3O.C8H11N3.C8H11N.C7H10N4.2C5H10O.C3H5ClO.CH4O.ClH.H3N/c1-4-5-7-6-8(9(12)13-3)11(2)10-7;1-3-4-6-5-7(8(9)12)11(2)10-6;1-3-4-7-5-8(6-9)11(2)10-7;1-9-7-8-5-3-2-4-6-8;1-9-5-6-3-7(4-8)11(2)10-6;2*1-3-4-5(2)6;1-3(5)2-4;1-2;;/h6H,4-5H2,1-3H3;5H,3-4H2,1-2H3,(H2,9,12);5H,3-4H2,1-2H3;2-6,9H,7H2,1H3;3,9H,5H2,1-2H3;2*3-4H2,1-2H3;2H2,1H3;2H,1H3;1H;1H3. The second kappa shape index (κ2) is 52.8. The number of nitrogens with zero attached hydrogens (tertiary/aromatic N) is 10. The Balaban J connectivity index is -0.000000189. The van der Waals surface area contributed by atoms with Gasteiger partial charge < -0.3 is 42.0 Å². The zero-order valence-electron chi connectivity index (χ0n) is 48.8. The summed E-state index contributed by atoms with van der Waals surface area (Å²) in [7, 11) is 13.2. The average molecular weight is 1120 g/mol. The van der Waals surface area contributed by atoms with Crippen LogP contribution in [0.3, 0.4) is 0 Å². The van der Waals surface area contributed by atoms with E-state index in [2.05, 4.69) is 74.7 Å². The summed E-state index contributed by atoms with van der Waals surface area (Å²) in [5.41, 5.74) is 12.4. The molecule has 0 saturated carbocycles. The second-order valence-electron chi connectivity index (χ2n) is 16.2. The number of rotatable bonds is 17. The van der Waals surface area contributed by atoms with Crippen molar-refractivity contribution in [2.24, 2.45) is 33.9 Å². The second-order valence-corrected chi connectivity index (χ2v) is 16.5. The van der Waals surface area contributed by atoms with Crippen LogP contribution in [-0.4, -0.2) is 108 Å². The summed E-state index contributed by atoms with van der Waals surface area (Å²) in [5.74, 6) is -0.0219. The highest BCUT2D eigenvalue weighted by molar-refractivity contribution is 6.27. The molecule has 23 heteroatoms. The van der Waals surface area contributed by atoms with Gasteiger partial charge in [0.25, 0.3) is 5.91 Å². The van der Waals surface area contributed by atoms with Crippen LogP contribution in [0.4, 0.5) is 0 Å². The lowest BCUT2D eigenvalue weighted by Gasteiger charge is -1.96. The summed E-state index contributed by atoms with van der Waals surface area (Å²) < 4.78 is 10.9. The van der Waals surface area contributed by atoms with Crippen LogP contribution < -0.4 is 22.5 Å². The highest BCUT2D eigenvalue weighted by atomic mass is 35.5. The Hall–Kier alpha value is -6.59. The Kier molecular flexibility index (Phi) is 56.1. The summed E-state index contributed by atoms with van der Waals surface area (Å²) >= 11 is 4.99. The van der Waals surface area contributed by atoms with Crippen molar-refractivity contribution in [2.75, 3.05) is 34.2 Å². The first-order chi connectivity index (χ1) is 35.6. The number of alkyl halides is 1. The number of nitrogens with one attached hydrogen (secondary N) is 2. The molecule has 5 rings (SSSR count). The Labute approximate surface area is 470 Å². The number of aromatic nitrogens is 8. The number of esters is 1. The first-order valence-corrected chi connectivity index (χ1v) is 25.3. The summed E-state index contributed by atoms with van der Waals surface area (Å²) in [5, 5.41) is 46.8. The van der Waals surface area contributed by atoms with Gasteiger partial charge in [0.1, 0.15) is 52.3 Å². The van der Waals surface area contributed by atoms with Gasteiger partial charge in [-0.05, 0) is 96.8 Å². The number of ether oxygens (including phenoxy) is 1. The molecule has 0 bridgehead atoms. The minimum atomic E-state index is -0.424. The molecule has 0 aliphatic rings. The first-order valence-electron chi connectivity index (χ1n) is 24.8. The van der Waals surface area contributed by atoms with E-state index in [4.69, 9.17) is 33.0 Å². The van der Waals surface area contributed by atoms with Crippen LogP contribution in [0.25, 0.3) is 0 Å². The van der Waals surface area contributed by atoms with Gasteiger partial charge in [0.2, 0.25) is 0 Å². The predicted molar refractivity (Wildman–Crippen MR) is 309 cm³/mol. The monoisotopic (exact) mass is 1120 g/mol. The summed E-state index contributed by atoms with van der Waals surface area (Å²) in [6.07, 6.45) is 9.29. The fraction of sp³-hybridized carbons (Fsp3) is 0.537. The van der Waals surface area contributed by atoms with Crippen molar-refractivity contribution >= 4 is 53.2 Å². The van der Waals surface area contributed by atoms with Crippen molar-refractivity contribution in [1.29, 1.82) is 10.5 Å². The van der Waals surface area contributed by atoms with Gasteiger partial charge in [-0.3, -0.25) is 28.3 Å². The molecule has 0 spiro atoms. The molecule has 0 atom stereocenters. The number of benzene rings is 1. The van der Waals surface area contributed by atoms with Crippen LogP contribution in [-0.2, 0) is 79.7 Å². The van der Waals surface area contributed by atoms with Gasteiger partial charge in [-0.15, -0.1) is 24.0 Å². The van der Waals surface area contributed by atoms with Crippen LogP contribution in [0.5, 0.6) is 0 Å². The van der Waals surface area contributed by atoms with Gasteiger partial charge in [0, 0.05) is 61.2 Å². The zero-order valence-corrected chi connectivity index (χ0v) is 50.4. The van der Waals surface area contributed by atoms with Gasteiger partial charge in [-0.1, -0.05) is 84.2 Å². The Bertz CT molecular complexity index is 2330. The number of amides is 1. The molecule has 8 N–H and O–H groups in total. The van der Waals surface area contributed by atoms with E-state index in [1.807, 2.05) is 58.3 Å². The largest absolute Gasteiger partial charge is 0.464 e. The highest BCUT2D eigenvalue weighted by Gasteiger charge is 2.12. The fourth-order valence-electron chi connectivity index (χ4n) is 5.75. The number of primary amides is 1. The van der Waals surface area contributed by atoms with Gasteiger partial charge in [-0.2, -0.15) is 30.9 Å². The minimum Gasteiger partial charge on any atom is -0.464 e. The van der Waals surface area contributed by atoms with Crippen LogP contribution in [0.1, 0.15) is 161 Å². The molecule has 0 unspecified atom stereocenters. The van der Waals surface area contributed by atoms with Crippen molar-refractivity contribution in [3.63, 3.8) is 0 Å². The van der Waals surface area contributed by atoms with Crippen molar-refractivity contribution in [2.45, 2.75) is 133 Å². The molecular formula is C54H92Cl2N14O7. The van der Waals surface area contributed by atoms with Gasteiger partial charge >= 0.3 is 5.97 Å². The lowest BCUT2D eigenvalue weighted by Crippen LogP contribution is -2.15. The molecule has 4 aromatic heterocycles. The third-order valence-corrected chi connectivity index (χ3v) is 9.47. The van der Waals surface area contributed by atoms with E-state index in [-0.39, 0.29) is 47.8 Å². The van der Waals surface area contributed by atoms with E-state index in [1.165, 1.54) is 24.3 Å². The maximum atomic E-state index is 11.2. The number of aryl methyl sites for hydroxylation is 7. The maximum absolute atomic E-state index is 11.2. The SMILES string of the molecule is CC(=O)CCl.CCCC(C)=O.CCCC(C)=O.CCCc1cc(C#N)n(C)n1.CCCc1cc(C(=O)OC)n(C)n1.CCCc1cc(C(N)=O)n(C)n1.CNCc1cc(C#N)n(C)n1.CNCc1ccccc1.CO.Cl.N. The Morgan fingerprint density at radius 2 is 0.961 bits per heavy atom. The maximum Gasteiger partial charge on any atom is 0.356 e. The lowest BCUT2D eigenvalue weighted by molar-refractivity contribution is -0.117. The van der Waals surface area contributed by atoms with Crippen LogP contribution in [0, 0.1) is 22.7 Å². The first kappa shape index (κ1) is 81.8. The number of nitrogens with two attached hydrogens (primary N) is 1. The van der Waals surface area contributed by atoms with Gasteiger partial charge in [0.15, 0.2) is 0 Å². The van der Waals surface area contributed by atoms with Crippen molar-refractivity contribution < 1.29 is 33.8 Å². The minimum absolute atomic E-state index is 0. The quantitative estimate of drug-likeness (QED) is 0.0434. The molecule has 1 amide bonds. The van der Waals surface area contributed by atoms with Gasteiger partial charge in [-0.25, -0.2) is 4.79 Å². The average Bonchev–Trinajstić information content (AvgIpc) is 4.15. The van der Waals surface area contributed by atoms with E-state index in [9.17, 15) is 24.0 Å². The van der Waals surface area contributed by atoms with E-state index in [0.29, 0.717) is 29.3 Å². The molecule has 0 radical (unpaired) electrons. The summed E-state index contributed by atoms with van der Waals surface area (Å²) in [6, 6.07) is 21.6. The molecule has 1 aromatic carbocycles. The third kappa shape index (κ3) is 42.2. The van der Waals surface area contributed by atoms with Gasteiger partial charge in [0.05, 0.1) is 35.8 Å². The number of hydrogen-bond acceptors (Lipinski definition) is 16. The highest BCUT2D eigenvalue weighted by Crippen LogP contribution is 2.07. The smallest absolute Gasteiger partial charge is 0.356 e. The van der Waals surface area contributed by atoms with E-state index < -0.39 is 5.91 Å². The molecule has 0 aliphatic heterocycles. The van der Waals surface area contributed by atoms with Crippen molar-refractivity contribution in [1.82, 2.24) is 55.9 Å². The number of hydrogen-bond donors (Lipinski definition) is 5. The van der Waals surface area contributed by atoms with E-state index in [1.54, 1.807) is 74.3 Å². The van der Waals surface area contributed by atoms with E-state index in [0.717, 1.165) is 101 Å². The Morgan fingerprint density at radius 1 is 0.610 bits per heavy atom. The molecule has 77 heavy (non-hydrogen) atoms. The van der Waals surface area contributed by atoms with Crippen LogP contribution in [0.15, 0.2) is 54.6 Å². The number of Topliss-reactive ketones (excluding diaryl/α,β-unsaturated/α-hetero) is 3. The normalized spacial score (nSPS) is 8.99. The Morgan fingerprint density at radius 3 is 1.25 bits per heavy atom. The number of ketones is 3. The third-order valence-electron chi connectivity index (χ3n) is 9.09. The molecule has 0 aliphatic carbocycles. The number of aliphatic hydroxyl groups excluding tert-OH is 1. The fourth-order valence-corrected chi connectivity index (χ4v) is 5.75. The number of halogens is 2. The number of nitriles is 2. The molecule has 0 fully saturated rings. The van der Waals surface area contributed by atoms with Crippen LogP contribution >= 0.6 is 24.0 Å². The molecule has 434 valence electrons. The molecular weight excluding hydrogens is 1030 g/mol. The summed E-state index contributed by atoms with van der Waals surface area (Å²) in [6.45, 7) is 16.6. The van der Waals surface area contributed by atoms with Crippen molar-refractivity contribution in [3.8, 4) is 12.1 Å². The van der Waals surface area contributed by atoms with Crippen LogP contribution in [0.2, 0.25) is 0 Å². The zero-order chi connectivity index (χ0) is 58.3. The number of carbonyl (C=O) groups excluding carboxylic acids is 5. The molecule has 0 saturated heterocycles. The topological polar surface area (TPSA) is 319 Å². The number of carbonyl (C=O) groups is 5.